The number of pyridine rings is 1. The molecule has 0 aliphatic carbocycles. The molecule has 0 atom stereocenters. The second-order valence-electron chi connectivity index (χ2n) is 4.55. The van der Waals surface area contributed by atoms with Gasteiger partial charge in [-0.05, 0) is 34.1 Å². The molecule has 0 aliphatic rings. The lowest BCUT2D eigenvalue weighted by Gasteiger charge is -2.06. The summed E-state index contributed by atoms with van der Waals surface area (Å²) in [6.07, 6.45) is 1.73. The fraction of sp³-hybridized carbons (Fsp3) is 0.0667. The van der Waals surface area contributed by atoms with Crippen LogP contribution in [0.25, 0.3) is 22.5 Å². The van der Waals surface area contributed by atoms with Gasteiger partial charge in [-0.25, -0.2) is 0 Å². The number of nitrogens with zero attached hydrogens (tertiary/aromatic N) is 3. The topological polar surface area (TPSA) is 56.7 Å². The van der Waals surface area contributed by atoms with Crippen LogP contribution in [0.1, 0.15) is 0 Å². The second kappa shape index (κ2) is 5.50. The first-order valence-corrected chi connectivity index (χ1v) is 7.45. The van der Waals surface area contributed by atoms with E-state index in [1.54, 1.807) is 17.9 Å². The van der Waals surface area contributed by atoms with Crippen molar-refractivity contribution in [2.24, 2.45) is 7.05 Å². The van der Waals surface area contributed by atoms with Crippen molar-refractivity contribution in [1.29, 1.82) is 0 Å². The van der Waals surface area contributed by atoms with E-state index in [0.717, 1.165) is 27.0 Å². The Kier molecular flexibility index (Phi) is 3.69. The van der Waals surface area contributed by atoms with Gasteiger partial charge in [-0.3, -0.25) is 9.67 Å². The molecule has 6 heteroatoms. The molecule has 1 aromatic carbocycles. The van der Waals surface area contributed by atoms with Gasteiger partial charge in [-0.1, -0.05) is 29.8 Å². The van der Waals surface area contributed by atoms with Crippen molar-refractivity contribution in [2.45, 2.75) is 0 Å². The van der Waals surface area contributed by atoms with Gasteiger partial charge in [0, 0.05) is 23.3 Å². The molecule has 2 aromatic heterocycles. The van der Waals surface area contributed by atoms with E-state index in [1.165, 1.54) is 0 Å². The summed E-state index contributed by atoms with van der Waals surface area (Å²) in [5, 5.41) is 5.11. The lowest BCUT2D eigenvalue weighted by atomic mass is 10.0. The zero-order valence-corrected chi connectivity index (χ0v) is 13.6. The quantitative estimate of drug-likeness (QED) is 0.744. The average Bonchev–Trinajstić information content (AvgIpc) is 2.78. The zero-order chi connectivity index (χ0) is 15.0. The molecule has 21 heavy (non-hydrogen) atoms. The van der Waals surface area contributed by atoms with Crippen molar-refractivity contribution in [2.75, 3.05) is 5.73 Å². The number of hydrogen-bond acceptors (Lipinski definition) is 3. The summed E-state index contributed by atoms with van der Waals surface area (Å²) in [6, 6.07) is 11.4. The van der Waals surface area contributed by atoms with Crippen LogP contribution in [0, 0.1) is 0 Å². The van der Waals surface area contributed by atoms with Crippen molar-refractivity contribution in [3.63, 3.8) is 0 Å². The van der Waals surface area contributed by atoms with Crippen molar-refractivity contribution >= 4 is 33.3 Å². The van der Waals surface area contributed by atoms with Crippen LogP contribution in [0.2, 0.25) is 5.02 Å². The number of aryl methyl sites for hydroxylation is 1. The van der Waals surface area contributed by atoms with Gasteiger partial charge in [-0.2, -0.15) is 5.10 Å². The maximum atomic E-state index is 6.39. The minimum Gasteiger partial charge on any atom is -0.383 e. The van der Waals surface area contributed by atoms with Gasteiger partial charge >= 0.3 is 0 Å². The van der Waals surface area contributed by atoms with Gasteiger partial charge in [0.15, 0.2) is 0 Å². The number of halogens is 2. The Morgan fingerprint density at radius 2 is 2.00 bits per heavy atom. The molecule has 0 aliphatic heterocycles. The van der Waals surface area contributed by atoms with Crippen molar-refractivity contribution in [3.05, 3.63) is 52.1 Å². The SMILES string of the molecule is Cn1nc(-c2cccc(Br)c2Cl)c(-c2ccccn2)c1N. The van der Waals surface area contributed by atoms with E-state index in [2.05, 4.69) is 26.0 Å². The van der Waals surface area contributed by atoms with Crippen LogP contribution in [0.3, 0.4) is 0 Å². The molecule has 0 amide bonds. The molecule has 0 bridgehead atoms. The van der Waals surface area contributed by atoms with Crippen LogP contribution in [-0.2, 0) is 7.05 Å². The monoisotopic (exact) mass is 362 g/mol. The molecule has 0 saturated heterocycles. The van der Waals surface area contributed by atoms with E-state index in [1.807, 2.05) is 36.4 Å². The van der Waals surface area contributed by atoms with E-state index < -0.39 is 0 Å². The third-order valence-electron chi connectivity index (χ3n) is 3.22. The van der Waals surface area contributed by atoms with Gasteiger partial charge in [0.05, 0.1) is 16.3 Å². The predicted octanol–water partition coefficient (Wildman–Crippen LogP) is 4.15. The molecular formula is C15H12BrClN4. The van der Waals surface area contributed by atoms with Crippen LogP contribution in [0.15, 0.2) is 47.1 Å². The summed E-state index contributed by atoms with van der Waals surface area (Å²) in [7, 11) is 1.80. The van der Waals surface area contributed by atoms with Gasteiger partial charge in [-0.15, -0.1) is 0 Å². The molecule has 4 nitrogen and oxygen atoms in total. The highest BCUT2D eigenvalue weighted by Crippen LogP contribution is 2.40. The maximum absolute atomic E-state index is 6.39. The van der Waals surface area contributed by atoms with Gasteiger partial charge in [0.1, 0.15) is 11.5 Å². The van der Waals surface area contributed by atoms with Crippen molar-refractivity contribution in [1.82, 2.24) is 14.8 Å². The summed E-state index contributed by atoms with van der Waals surface area (Å²) in [5.41, 5.74) is 9.27. The lowest BCUT2D eigenvalue weighted by molar-refractivity contribution is 0.782. The molecule has 0 fully saturated rings. The molecule has 3 aromatic rings. The number of aromatic nitrogens is 3. The number of rotatable bonds is 2. The number of benzene rings is 1. The predicted molar refractivity (Wildman–Crippen MR) is 89.0 cm³/mol. The zero-order valence-electron chi connectivity index (χ0n) is 11.2. The third-order valence-corrected chi connectivity index (χ3v) is 4.52. The first-order valence-electron chi connectivity index (χ1n) is 6.28. The Balaban J connectivity index is 2.30. The second-order valence-corrected chi connectivity index (χ2v) is 5.78. The highest BCUT2D eigenvalue weighted by atomic mass is 79.9. The number of hydrogen-bond donors (Lipinski definition) is 1. The average molecular weight is 364 g/mol. The number of nitrogens with two attached hydrogens (primary N) is 1. The molecule has 0 spiro atoms. The molecule has 0 saturated carbocycles. The Morgan fingerprint density at radius 3 is 2.71 bits per heavy atom. The van der Waals surface area contributed by atoms with E-state index in [4.69, 9.17) is 17.3 Å². The van der Waals surface area contributed by atoms with Crippen molar-refractivity contribution in [3.8, 4) is 22.5 Å². The highest BCUT2D eigenvalue weighted by Gasteiger charge is 2.20. The van der Waals surface area contributed by atoms with Gasteiger partial charge in [0.2, 0.25) is 0 Å². The van der Waals surface area contributed by atoms with Crippen LogP contribution < -0.4 is 5.73 Å². The van der Waals surface area contributed by atoms with E-state index in [9.17, 15) is 0 Å². The maximum Gasteiger partial charge on any atom is 0.131 e. The first-order chi connectivity index (χ1) is 10.1. The third kappa shape index (κ3) is 2.43. The normalized spacial score (nSPS) is 10.8. The Hall–Kier alpha value is -1.85. The Morgan fingerprint density at radius 1 is 1.19 bits per heavy atom. The summed E-state index contributed by atoms with van der Waals surface area (Å²) in [4.78, 5) is 4.37. The largest absolute Gasteiger partial charge is 0.383 e. The molecule has 0 radical (unpaired) electrons. The highest BCUT2D eigenvalue weighted by molar-refractivity contribution is 9.10. The summed E-state index contributed by atoms with van der Waals surface area (Å²) >= 11 is 9.83. The molecule has 2 heterocycles. The van der Waals surface area contributed by atoms with Crippen LogP contribution >= 0.6 is 27.5 Å². The molecule has 106 valence electrons. The smallest absolute Gasteiger partial charge is 0.131 e. The van der Waals surface area contributed by atoms with Gasteiger partial charge in [0.25, 0.3) is 0 Å². The van der Waals surface area contributed by atoms with Crippen molar-refractivity contribution < 1.29 is 0 Å². The fourth-order valence-electron chi connectivity index (χ4n) is 2.18. The standard InChI is InChI=1S/C15H12BrClN4/c1-21-15(18)12(11-7-2-3-8-19-11)14(20-21)9-5-4-6-10(16)13(9)17/h2-8H,18H2,1H3. The van der Waals surface area contributed by atoms with E-state index >= 15 is 0 Å². The van der Waals surface area contributed by atoms with E-state index in [-0.39, 0.29) is 0 Å². The Labute approximate surface area is 135 Å². The van der Waals surface area contributed by atoms with Crippen LogP contribution in [0.5, 0.6) is 0 Å². The number of anilines is 1. The molecule has 2 N–H and O–H groups in total. The minimum absolute atomic E-state index is 0.555. The van der Waals surface area contributed by atoms with Crippen LogP contribution in [0.4, 0.5) is 5.82 Å². The Bertz CT molecular complexity index is 799. The summed E-state index contributed by atoms with van der Waals surface area (Å²) in [5.74, 6) is 0.555. The lowest BCUT2D eigenvalue weighted by Crippen LogP contribution is -1.98. The van der Waals surface area contributed by atoms with Gasteiger partial charge < -0.3 is 5.73 Å². The summed E-state index contributed by atoms with van der Waals surface area (Å²) < 4.78 is 2.45. The van der Waals surface area contributed by atoms with E-state index in [0.29, 0.717) is 10.8 Å². The minimum atomic E-state index is 0.555. The number of nitrogen functional groups attached to an aromatic ring is 1. The summed E-state index contributed by atoms with van der Waals surface area (Å²) in [6.45, 7) is 0. The fourth-order valence-corrected chi connectivity index (χ4v) is 2.76. The molecule has 0 unspecified atom stereocenters. The molecular weight excluding hydrogens is 352 g/mol. The molecule has 3 rings (SSSR count). The van der Waals surface area contributed by atoms with Crippen LogP contribution in [-0.4, -0.2) is 14.8 Å². The first kappa shape index (κ1) is 14.1.